The van der Waals surface area contributed by atoms with Crippen molar-refractivity contribution in [3.63, 3.8) is 0 Å². The summed E-state index contributed by atoms with van der Waals surface area (Å²) in [6.45, 7) is 0. The maximum atomic E-state index is 9.03. The molecule has 0 fully saturated rings. The molecular formula is C3H6CaO3. The molecule has 0 aliphatic rings. The largest absolute Gasteiger partial charge is 2.00 e. The van der Waals surface area contributed by atoms with Gasteiger partial charge in [0.2, 0.25) is 0 Å². The van der Waals surface area contributed by atoms with Crippen LogP contribution in [-0.2, 0) is 4.74 Å². The molecule has 0 saturated carbocycles. The second kappa shape index (κ2) is 9.73. The number of carboxylic acid groups (broad SMARTS) is 1. The maximum Gasteiger partial charge on any atom is 2.00 e. The Hall–Kier alpha value is 0.530. The topological polar surface area (TPSA) is 49.4 Å². The van der Waals surface area contributed by atoms with Crippen LogP contribution in [0.4, 0.5) is 4.79 Å². The van der Waals surface area contributed by atoms with E-state index in [1.54, 1.807) is 0 Å². The smallest absolute Gasteiger partial charge is 0.553 e. The summed E-state index contributed by atoms with van der Waals surface area (Å²) < 4.78 is 3.56. The molecule has 0 aliphatic heterocycles. The Morgan fingerprint density at radius 3 is 1.86 bits per heavy atom. The van der Waals surface area contributed by atoms with E-state index in [1.807, 2.05) is 0 Å². The van der Waals surface area contributed by atoms with Gasteiger partial charge in [0, 0.05) is 7.11 Å². The first kappa shape index (κ1) is 15.6. The summed E-state index contributed by atoms with van der Waals surface area (Å²) >= 11 is 0. The number of carbonyl (C=O) groups is 1. The van der Waals surface area contributed by atoms with Crippen LogP contribution in [-0.4, -0.2) is 51.0 Å². The molecule has 0 rings (SSSR count). The van der Waals surface area contributed by atoms with Crippen molar-refractivity contribution in [2.75, 3.05) is 7.11 Å². The number of rotatable bonds is 0. The molecule has 0 spiro atoms. The minimum absolute atomic E-state index is 0. The van der Waals surface area contributed by atoms with Crippen LogP contribution in [0.25, 0.3) is 0 Å². The van der Waals surface area contributed by atoms with Gasteiger partial charge >= 0.3 is 37.7 Å². The molecule has 4 heteroatoms. The second-order valence-electron chi connectivity index (χ2n) is 0.454. The van der Waals surface area contributed by atoms with Gasteiger partial charge in [-0.05, 0) is 0 Å². The molecular weight excluding hydrogens is 124 g/mol. The van der Waals surface area contributed by atoms with Crippen molar-refractivity contribution < 1.29 is 14.6 Å². The van der Waals surface area contributed by atoms with E-state index in [4.69, 9.17) is 9.90 Å². The first-order valence-corrected chi connectivity index (χ1v) is 1.02. The fourth-order valence-corrected chi connectivity index (χ4v) is 0. The van der Waals surface area contributed by atoms with Crippen LogP contribution in [0.5, 0.6) is 0 Å². The van der Waals surface area contributed by atoms with Crippen LogP contribution in [0.1, 0.15) is 0 Å². The van der Waals surface area contributed by atoms with Crippen molar-refractivity contribution in [1.29, 1.82) is 0 Å². The predicted molar refractivity (Wildman–Crippen MR) is 24.6 cm³/mol. The van der Waals surface area contributed by atoms with Crippen LogP contribution in [0, 0.1) is 7.43 Å². The Bertz CT molecular complexity index is 45.4. The average molecular weight is 130 g/mol. The van der Waals surface area contributed by atoms with E-state index < -0.39 is 6.16 Å². The summed E-state index contributed by atoms with van der Waals surface area (Å²) in [5.41, 5.74) is 0. The summed E-state index contributed by atoms with van der Waals surface area (Å²) in [5, 5.41) is 9.03. The molecule has 0 saturated heterocycles. The normalized spacial score (nSPS) is 4.71. The minimum Gasteiger partial charge on any atom is -0.553 e. The van der Waals surface area contributed by atoms with Gasteiger partial charge in [-0.3, -0.25) is 0 Å². The van der Waals surface area contributed by atoms with E-state index in [1.165, 1.54) is 0 Å². The Labute approximate surface area is 72.7 Å². The maximum absolute atomic E-state index is 9.03. The second-order valence-corrected chi connectivity index (χ2v) is 0.454. The van der Waals surface area contributed by atoms with E-state index in [0.717, 1.165) is 7.11 Å². The zero-order valence-corrected chi connectivity index (χ0v) is 6.64. The van der Waals surface area contributed by atoms with Crippen molar-refractivity contribution in [3.8, 4) is 0 Å². The molecule has 0 aromatic heterocycles. The van der Waals surface area contributed by atoms with Crippen molar-refractivity contribution >= 4 is 43.9 Å². The van der Waals surface area contributed by atoms with Gasteiger partial charge < -0.3 is 22.1 Å². The zero-order valence-electron chi connectivity index (χ0n) is 4.43. The van der Waals surface area contributed by atoms with Crippen molar-refractivity contribution in [2.45, 2.75) is 0 Å². The molecule has 3 nitrogen and oxygen atoms in total. The van der Waals surface area contributed by atoms with Gasteiger partial charge in [0.05, 0.1) is 0 Å². The standard InChI is InChI=1S/C2H4O3.CH3.Ca/c1-5-2(3)4;;/h1H3,(H,3,4);1H3;/q;-1;+2/p-1. The predicted octanol–water partition coefficient (Wildman–Crippen LogP) is -0.954. The van der Waals surface area contributed by atoms with Crippen molar-refractivity contribution in [1.82, 2.24) is 0 Å². The fourth-order valence-electron chi connectivity index (χ4n) is 0. The summed E-state index contributed by atoms with van der Waals surface area (Å²) in [7, 11) is 1.04. The third-order valence-electron chi connectivity index (χ3n) is 0.167. The van der Waals surface area contributed by atoms with Gasteiger partial charge in [-0.25, -0.2) is 0 Å². The molecule has 0 atom stereocenters. The first-order valence-electron chi connectivity index (χ1n) is 1.02. The molecule has 0 aromatic carbocycles. The SMILES string of the molecule is COC(=O)[O-].[CH3-].[Ca+2]. The van der Waals surface area contributed by atoms with Crippen LogP contribution in [0.3, 0.4) is 0 Å². The molecule has 0 aliphatic carbocycles. The Morgan fingerprint density at radius 2 is 1.86 bits per heavy atom. The molecule has 7 heavy (non-hydrogen) atoms. The molecule has 0 radical (unpaired) electrons. The zero-order chi connectivity index (χ0) is 4.28. The first-order chi connectivity index (χ1) is 2.27. The quantitative estimate of drug-likeness (QED) is 0.241. The number of methoxy groups -OCH3 is 1. The third kappa shape index (κ3) is 20.9. The van der Waals surface area contributed by atoms with E-state index in [2.05, 4.69) is 4.74 Å². The summed E-state index contributed by atoms with van der Waals surface area (Å²) in [6.07, 6.45) is -1.50. The summed E-state index contributed by atoms with van der Waals surface area (Å²) in [4.78, 5) is 9.03. The van der Waals surface area contributed by atoms with Crippen LogP contribution < -0.4 is 5.11 Å². The fraction of sp³-hybridized carbons (Fsp3) is 0.333. The molecule has 0 amide bonds. The molecule has 38 valence electrons. The third-order valence-corrected chi connectivity index (χ3v) is 0.167. The van der Waals surface area contributed by atoms with Crippen LogP contribution in [0.2, 0.25) is 0 Å². The van der Waals surface area contributed by atoms with Crippen LogP contribution in [0.15, 0.2) is 0 Å². The van der Waals surface area contributed by atoms with E-state index in [9.17, 15) is 0 Å². The minimum atomic E-state index is -1.50. The monoisotopic (exact) mass is 130 g/mol. The molecule has 0 bridgehead atoms. The van der Waals surface area contributed by atoms with E-state index in [-0.39, 0.29) is 45.2 Å². The van der Waals surface area contributed by atoms with Crippen molar-refractivity contribution in [3.05, 3.63) is 7.43 Å². The van der Waals surface area contributed by atoms with Gasteiger partial charge in [-0.2, -0.15) is 0 Å². The molecule has 0 heterocycles. The van der Waals surface area contributed by atoms with Gasteiger partial charge in [-0.1, -0.05) is 0 Å². The summed E-state index contributed by atoms with van der Waals surface area (Å²) in [5.74, 6) is 0. The van der Waals surface area contributed by atoms with E-state index >= 15 is 0 Å². The van der Waals surface area contributed by atoms with Gasteiger partial charge in [0.15, 0.2) is 0 Å². The molecule has 0 N–H and O–H groups in total. The Balaban J connectivity index is -0.0000000800. The van der Waals surface area contributed by atoms with Crippen LogP contribution >= 0.6 is 0 Å². The number of ether oxygens (including phenoxy) is 1. The van der Waals surface area contributed by atoms with Gasteiger partial charge in [0.1, 0.15) is 0 Å². The van der Waals surface area contributed by atoms with Crippen molar-refractivity contribution in [2.24, 2.45) is 0 Å². The number of carbonyl (C=O) groups excluding carboxylic acids is 1. The number of hydrogen-bond acceptors (Lipinski definition) is 3. The molecule has 0 aromatic rings. The summed E-state index contributed by atoms with van der Waals surface area (Å²) in [6, 6.07) is 0. The van der Waals surface area contributed by atoms with Gasteiger partial charge in [-0.15, -0.1) is 0 Å². The Kier molecular flexibility index (Phi) is 21.8. The Morgan fingerprint density at radius 1 is 1.71 bits per heavy atom. The van der Waals surface area contributed by atoms with E-state index in [0.29, 0.717) is 0 Å². The number of hydrogen-bond donors (Lipinski definition) is 0. The average Bonchev–Trinajstić information content (AvgIpc) is 1.38. The molecule has 0 unspecified atom stereocenters. The van der Waals surface area contributed by atoms with Gasteiger partial charge in [0.25, 0.3) is 6.16 Å².